The Morgan fingerprint density at radius 2 is 1.90 bits per heavy atom. The lowest BCUT2D eigenvalue weighted by atomic mass is 9.47. The Morgan fingerprint density at radius 1 is 1.05 bits per heavy atom. The molecule has 0 aliphatic heterocycles. The highest BCUT2D eigenvalue weighted by Crippen LogP contribution is 2.63. The molecule has 7 atom stereocenters. The fourth-order valence-corrected chi connectivity index (χ4v) is 6.79. The van der Waals surface area contributed by atoms with Gasteiger partial charge in [0.05, 0.1) is 6.10 Å². The molecule has 0 heterocycles. The average molecular weight is 274 g/mol. The second-order valence-electron chi connectivity index (χ2n) is 8.64. The van der Waals surface area contributed by atoms with Crippen molar-refractivity contribution in [2.75, 3.05) is 0 Å². The van der Waals surface area contributed by atoms with Crippen molar-refractivity contribution in [3.05, 3.63) is 12.2 Å². The molecule has 4 fully saturated rings. The highest BCUT2D eigenvalue weighted by Gasteiger charge is 2.55. The van der Waals surface area contributed by atoms with Crippen molar-refractivity contribution in [1.29, 1.82) is 0 Å². The monoisotopic (exact) mass is 274 g/mol. The van der Waals surface area contributed by atoms with E-state index >= 15 is 0 Å². The zero-order chi connectivity index (χ0) is 13.9. The van der Waals surface area contributed by atoms with E-state index in [1.165, 1.54) is 50.5 Å². The molecular formula is C19H30O. The van der Waals surface area contributed by atoms with Gasteiger partial charge in [0, 0.05) is 0 Å². The third-order valence-corrected chi connectivity index (χ3v) is 7.80. The molecule has 1 heteroatoms. The highest BCUT2D eigenvalue weighted by atomic mass is 16.3. The number of fused-ring (bicyclic) bond motifs is 5. The minimum atomic E-state index is -0.00720. The van der Waals surface area contributed by atoms with Crippen molar-refractivity contribution in [2.24, 2.45) is 35.0 Å². The van der Waals surface area contributed by atoms with Gasteiger partial charge in [-0.15, -0.1) is 0 Å². The van der Waals surface area contributed by atoms with Crippen molar-refractivity contribution in [2.45, 2.75) is 70.8 Å². The molecule has 0 unspecified atom stereocenters. The standard InChI is InChI=1S/C19H30O/c1-12-9-13-3-6-18-16(17(13)10-12)5-4-14-11-15(20)7-8-19(14,18)2/h13-18,20H,1,3-11H2,2H3/t13-,14+,15-,16+,17-,18+,19+/m0/s1. The molecule has 0 radical (unpaired) electrons. The first kappa shape index (κ1) is 13.4. The molecule has 0 aromatic heterocycles. The van der Waals surface area contributed by atoms with Gasteiger partial charge in [-0.25, -0.2) is 0 Å². The zero-order valence-corrected chi connectivity index (χ0v) is 13.0. The summed E-state index contributed by atoms with van der Waals surface area (Å²) in [6.07, 6.45) is 11.8. The molecule has 0 amide bonds. The SMILES string of the molecule is C=C1C[C@@H]2CC[C@@H]3[C@H](CC[C@@H]4C[C@@H](O)CC[C@]43C)[C@H]2C1. The minimum Gasteiger partial charge on any atom is -0.393 e. The third-order valence-electron chi connectivity index (χ3n) is 7.80. The van der Waals surface area contributed by atoms with Crippen LogP contribution < -0.4 is 0 Å². The topological polar surface area (TPSA) is 20.2 Å². The van der Waals surface area contributed by atoms with Gasteiger partial charge >= 0.3 is 0 Å². The van der Waals surface area contributed by atoms with E-state index in [2.05, 4.69) is 13.5 Å². The van der Waals surface area contributed by atoms with Gasteiger partial charge in [0.2, 0.25) is 0 Å². The first-order valence-corrected chi connectivity index (χ1v) is 8.92. The molecule has 0 spiro atoms. The van der Waals surface area contributed by atoms with Crippen LogP contribution in [-0.4, -0.2) is 11.2 Å². The molecule has 4 rings (SSSR count). The van der Waals surface area contributed by atoms with Gasteiger partial charge in [-0.3, -0.25) is 0 Å². The third kappa shape index (κ3) is 1.85. The predicted octanol–water partition coefficient (Wildman–Crippen LogP) is 4.56. The van der Waals surface area contributed by atoms with Crippen LogP contribution in [0.4, 0.5) is 0 Å². The van der Waals surface area contributed by atoms with Crippen LogP contribution in [0.1, 0.15) is 64.7 Å². The summed E-state index contributed by atoms with van der Waals surface area (Å²) >= 11 is 0. The Bertz CT molecular complexity index is 414. The van der Waals surface area contributed by atoms with E-state index in [9.17, 15) is 5.11 Å². The molecule has 112 valence electrons. The van der Waals surface area contributed by atoms with E-state index < -0.39 is 0 Å². The van der Waals surface area contributed by atoms with E-state index in [4.69, 9.17) is 0 Å². The number of hydrogen-bond acceptors (Lipinski definition) is 1. The van der Waals surface area contributed by atoms with Gasteiger partial charge in [-0.05, 0) is 92.8 Å². The lowest BCUT2D eigenvalue weighted by molar-refractivity contribution is -0.106. The summed E-state index contributed by atoms with van der Waals surface area (Å²) in [6.45, 7) is 6.87. The molecule has 0 aromatic rings. The maximum absolute atomic E-state index is 10.0. The number of hydrogen-bond donors (Lipinski definition) is 1. The summed E-state index contributed by atoms with van der Waals surface area (Å²) < 4.78 is 0. The molecule has 4 saturated carbocycles. The quantitative estimate of drug-likeness (QED) is 0.642. The van der Waals surface area contributed by atoms with E-state index in [0.29, 0.717) is 5.41 Å². The molecule has 1 N–H and O–H groups in total. The van der Waals surface area contributed by atoms with Crippen LogP contribution in [0.3, 0.4) is 0 Å². The second kappa shape index (κ2) is 4.60. The largest absolute Gasteiger partial charge is 0.393 e. The van der Waals surface area contributed by atoms with E-state index in [-0.39, 0.29) is 6.10 Å². The fourth-order valence-electron chi connectivity index (χ4n) is 6.79. The van der Waals surface area contributed by atoms with E-state index in [1.54, 1.807) is 0 Å². The van der Waals surface area contributed by atoms with E-state index in [1.807, 2.05) is 0 Å². The first-order valence-electron chi connectivity index (χ1n) is 8.92. The van der Waals surface area contributed by atoms with Crippen molar-refractivity contribution in [3.8, 4) is 0 Å². The van der Waals surface area contributed by atoms with Crippen molar-refractivity contribution < 1.29 is 5.11 Å². The second-order valence-corrected chi connectivity index (χ2v) is 8.64. The van der Waals surface area contributed by atoms with Gasteiger partial charge in [-0.2, -0.15) is 0 Å². The van der Waals surface area contributed by atoms with Crippen LogP contribution in [0, 0.1) is 35.0 Å². The Hall–Kier alpha value is -0.300. The lowest BCUT2D eigenvalue weighted by Crippen LogP contribution is -2.51. The van der Waals surface area contributed by atoms with Crippen LogP contribution in [0.2, 0.25) is 0 Å². The number of rotatable bonds is 0. The van der Waals surface area contributed by atoms with Crippen molar-refractivity contribution >= 4 is 0 Å². The van der Waals surface area contributed by atoms with Crippen LogP contribution >= 0.6 is 0 Å². The molecule has 4 aliphatic carbocycles. The summed E-state index contributed by atoms with van der Waals surface area (Å²) in [4.78, 5) is 0. The highest BCUT2D eigenvalue weighted by molar-refractivity contribution is 5.12. The molecule has 0 bridgehead atoms. The van der Waals surface area contributed by atoms with Crippen LogP contribution in [0.5, 0.6) is 0 Å². The number of aliphatic hydroxyl groups is 1. The first-order chi connectivity index (χ1) is 9.58. The maximum atomic E-state index is 10.0. The minimum absolute atomic E-state index is 0.00720. The maximum Gasteiger partial charge on any atom is 0.0543 e. The zero-order valence-electron chi connectivity index (χ0n) is 13.0. The van der Waals surface area contributed by atoms with Gasteiger partial charge in [-0.1, -0.05) is 19.1 Å². The average Bonchev–Trinajstić information content (AvgIpc) is 2.80. The molecule has 0 saturated heterocycles. The van der Waals surface area contributed by atoms with Crippen LogP contribution in [0.15, 0.2) is 12.2 Å². The molecular weight excluding hydrogens is 244 g/mol. The summed E-state index contributed by atoms with van der Waals surface area (Å²) in [5, 5.41) is 10.0. The number of allylic oxidation sites excluding steroid dienone is 1. The Morgan fingerprint density at radius 3 is 2.75 bits per heavy atom. The Balaban J connectivity index is 1.60. The molecule has 20 heavy (non-hydrogen) atoms. The van der Waals surface area contributed by atoms with Crippen LogP contribution in [-0.2, 0) is 0 Å². The summed E-state index contributed by atoms with van der Waals surface area (Å²) in [7, 11) is 0. The van der Waals surface area contributed by atoms with Gasteiger partial charge in [0.15, 0.2) is 0 Å². The Labute approximate surface area is 123 Å². The number of aliphatic hydroxyl groups excluding tert-OH is 1. The molecule has 4 aliphatic rings. The summed E-state index contributed by atoms with van der Waals surface area (Å²) in [5.41, 5.74) is 2.07. The lowest BCUT2D eigenvalue weighted by Gasteiger charge is -2.58. The van der Waals surface area contributed by atoms with Crippen molar-refractivity contribution in [1.82, 2.24) is 0 Å². The Kier molecular flexibility index (Phi) is 3.07. The van der Waals surface area contributed by atoms with Gasteiger partial charge in [0.25, 0.3) is 0 Å². The fraction of sp³-hybridized carbons (Fsp3) is 0.895. The summed E-state index contributed by atoms with van der Waals surface area (Å²) in [5.74, 6) is 4.66. The van der Waals surface area contributed by atoms with Gasteiger partial charge in [0.1, 0.15) is 0 Å². The smallest absolute Gasteiger partial charge is 0.0543 e. The van der Waals surface area contributed by atoms with Gasteiger partial charge < -0.3 is 5.11 Å². The van der Waals surface area contributed by atoms with Crippen molar-refractivity contribution in [3.63, 3.8) is 0 Å². The molecule has 0 aromatic carbocycles. The van der Waals surface area contributed by atoms with Crippen LogP contribution in [0.25, 0.3) is 0 Å². The molecule has 1 nitrogen and oxygen atoms in total. The summed E-state index contributed by atoms with van der Waals surface area (Å²) in [6, 6.07) is 0. The predicted molar refractivity (Wildman–Crippen MR) is 82.3 cm³/mol. The van der Waals surface area contributed by atoms with E-state index in [0.717, 1.165) is 42.4 Å². The normalized spacial score (nSPS) is 55.0.